The highest BCUT2D eigenvalue weighted by Gasteiger charge is 2.31. The summed E-state index contributed by atoms with van der Waals surface area (Å²) in [5, 5.41) is 0. The zero-order valence-corrected chi connectivity index (χ0v) is 14.4. The lowest BCUT2D eigenvalue weighted by Gasteiger charge is -2.33. The zero-order chi connectivity index (χ0) is 17.2. The maximum Gasteiger partial charge on any atom is 0.414 e. The van der Waals surface area contributed by atoms with Gasteiger partial charge in [0, 0.05) is 32.4 Å². The maximum atomic E-state index is 12.4. The van der Waals surface area contributed by atoms with E-state index in [0.717, 1.165) is 11.3 Å². The van der Waals surface area contributed by atoms with Crippen LogP contribution in [0.1, 0.15) is 38.8 Å². The van der Waals surface area contributed by atoms with Gasteiger partial charge < -0.3 is 9.64 Å². The van der Waals surface area contributed by atoms with Crippen LogP contribution < -0.4 is 4.90 Å². The first-order chi connectivity index (χ1) is 10.7. The highest BCUT2D eigenvalue weighted by Crippen LogP contribution is 2.31. The molecule has 0 radical (unpaired) electrons. The molecule has 1 heterocycles. The van der Waals surface area contributed by atoms with Crippen molar-refractivity contribution in [2.45, 2.75) is 38.8 Å². The molecule has 0 aromatic heterocycles. The number of ether oxygens (including phenoxy) is 1. The van der Waals surface area contributed by atoms with E-state index in [1.807, 2.05) is 64.0 Å². The first-order valence-corrected chi connectivity index (χ1v) is 7.67. The molecule has 2 rings (SSSR count). The number of anilines is 1. The highest BCUT2D eigenvalue weighted by molar-refractivity contribution is 5.92. The van der Waals surface area contributed by atoms with Crippen LogP contribution in [0.2, 0.25) is 0 Å². The molecule has 0 N–H and O–H groups in total. The van der Waals surface area contributed by atoms with Crippen LogP contribution in [0.4, 0.5) is 10.5 Å². The van der Waals surface area contributed by atoms with Crippen molar-refractivity contribution in [2.75, 3.05) is 19.0 Å². The van der Waals surface area contributed by atoms with Gasteiger partial charge in [0.15, 0.2) is 5.78 Å². The Hall–Kier alpha value is -2.30. The Balaban J connectivity index is 2.27. The molecule has 5 heteroatoms. The van der Waals surface area contributed by atoms with Crippen LogP contribution in [0.15, 0.2) is 36.5 Å². The number of allylic oxidation sites excluding steroid dienone is 1. The van der Waals surface area contributed by atoms with E-state index in [2.05, 4.69) is 0 Å². The second-order valence-electron chi connectivity index (χ2n) is 6.88. The molecule has 1 aromatic rings. The van der Waals surface area contributed by atoms with Gasteiger partial charge in [-0.05, 0) is 44.5 Å². The molecule has 0 aliphatic carbocycles. The fourth-order valence-electron chi connectivity index (χ4n) is 2.40. The van der Waals surface area contributed by atoms with Crippen molar-refractivity contribution in [1.29, 1.82) is 0 Å². The van der Waals surface area contributed by atoms with Gasteiger partial charge in [0.1, 0.15) is 5.60 Å². The predicted molar refractivity (Wildman–Crippen MR) is 90.3 cm³/mol. The van der Waals surface area contributed by atoms with E-state index >= 15 is 0 Å². The van der Waals surface area contributed by atoms with E-state index in [1.165, 1.54) is 17.2 Å². The molecule has 1 unspecified atom stereocenters. The SMILES string of the molecule is CN(C)c1ccc(C2CC(=O)C=CN2C(=O)OC(C)(C)C)cc1. The lowest BCUT2D eigenvalue weighted by atomic mass is 9.97. The second kappa shape index (κ2) is 6.44. The number of amides is 1. The smallest absolute Gasteiger partial charge is 0.414 e. The van der Waals surface area contributed by atoms with E-state index in [-0.39, 0.29) is 18.2 Å². The van der Waals surface area contributed by atoms with E-state index in [0.29, 0.717) is 0 Å². The largest absolute Gasteiger partial charge is 0.443 e. The van der Waals surface area contributed by atoms with Gasteiger partial charge in [-0.3, -0.25) is 9.69 Å². The summed E-state index contributed by atoms with van der Waals surface area (Å²) in [6.07, 6.45) is 2.76. The minimum absolute atomic E-state index is 0.00601. The Bertz CT molecular complexity index is 612. The Morgan fingerprint density at radius 1 is 1.22 bits per heavy atom. The van der Waals surface area contributed by atoms with E-state index in [9.17, 15) is 9.59 Å². The fraction of sp³-hybridized carbons (Fsp3) is 0.444. The molecule has 0 spiro atoms. The summed E-state index contributed by atoms with van der Waals surface area (Å²) in [7, 11) is 3.93. The van der Waals surface area contributed by atoms with E-state index in [1.54, 1.807) is 0 Å². The quantitative estimate of drug-likeness (QED) is 0.837. The third-order valence-corrected chi connectivity index (χ3v) is 3.55. The number of rotatable bonds is 2. The standard InChI is InChI=1S/C18H24N2O3/c1-18(2,3)23-17(22)20-11-10-15(21)12-16(20)13-6-8-14(9-7-13)19(4)5/h6-11,16H,12H2,1-5H3. The molecule has 5 nitrogen and oxygen atoms in total. The molecule has 1 aromatic carbocycles. The molecule has 1 atom stereocenters. The molecule has 0 bridgehead atoms. The maximum absolute atomic E-state index is 12.4. The molecule has 0 saturated carbocycles. The third-order valence-electron chi connectivity index (χ3n) is 3.55. The number of carbonyl (C=O) groups is 2. The van der Waals surface area contributed by atoms with Gasteiger partial charge in [0.25, 0.3) is 0 Å². The first kappa shape index (κ1) is 17.1. The number of hydrogen-bond acceptors (Lipinski definition) is 4. The summed E-state index contributed by atoms with van der Waals surface area (Å²) in [6, 6.07) is 7.52. The van der Waals surface area contributed by atoms with Crippen molar-refractivity contribution in [3.05, 3.63) is 42.1 Å². The number of ketones is 1. The van der Waals surface area contributed by atoms with Crippen LogP contribution in [0, 0.1) is 0 Å². The first-order valence-electron chi connectivity index (χ1n) is 7.67. The Kier molecular flexibility index (Phi) is 4.78. The van der Waals surface area contributed by atoms with Crippen molar-refractivity contribution in [3.63, 3.8) is 0 Å². The zero-order valence-electron chi connectivity index (χ0n) is 14.4. The summed E-state index contributed by atoms with van der Waals surface area (Å²) in [5.74, 6) is 0.00601. The van der Waals surface area contributed by atoms with Gasteiger partial charge in [-0.1, -0.05) is 12.1 Å². The lowest BCUT2D eigenvalue weighted by molar-refractivity contribution is -0.116. The van der Waals surface area contributed by atoms with Crippen molar-refractivity contribution in [1.82, 2.24) is 4.90 Å². The van der Waals surface area contributed by atoms with E-state index < -0.39 is 11.7 Å². The molecule has 23 heavy (non-hydrogen) atoms. The van der Waals surface area contributed by atoms with Gasteiger partial charge in [-0.2, -0.15) is 0 Å². The number of nitrogens with zero attached hydrogens (tertiary/aromatic N) is 2. The van der Waals surface area contributed by atoms with Gasteiger partial charge in [0.2, 0.25) is 0 Å². The minimum Gasteiger partial charge on any atom is -0.443 e. The highest BCUT2D eigenvalue weighted by atomic mass is 16.6. The van der Waals surface area contributed by atoms with Crippen molar-refractivity contribution in [3.8, 4) is 0 Å². The molecule has 0 saturated heterocycles. The van der Waals surface area contributed by atoms with Gasteiger partial charge in [-0.15, -0.1) is 0 Å². The minimum atomic E-state index is -0.578. The Morgan fingerprint density at radius 3 is 2.35 bits per heavy atom. The molecule has 1 aliphatic rings. The van der Waals surface area contributed by atoms with Crippen molar-refractivity contribution >= 4 is 17.6 Å². The van der Waals surface area contributed by atoms with Crippen LogP contribution in [0.5, 0.6) is 0 Å². The molecule has 1 aliphatic heterocycles. The lowest BCUT2D eigenvalue weighted by Crippen LogP contribution is -2.38. The number of benzene rings is 1. The van der Waals surface area contributed by atoms with Crippen molar-refractivity contribution < 1.29 is 14.3 Å². The van der Waals surface area contributed by atoms with Crippen molar-refractivity contribution in [2.24, 2.45) is 0 Å². The topological polar surface area (TPSA) is 49.9 Å². The summed E-state index contributed by atoms with van der Waals surface area (Å²) < 4.78 is 5.44. The van der Waals surface area contributed by atoms with Gasteiger partial charge >= 0.3 is 6.09 Å². The number of carbonyl (C=O) groups excluding carboxylic acids is 2. The Morgan fingerprint density at radius 2 is 1.83 bits per heavy atom. The summed E-state index contributed by atoms with van der Waals surface area (Å²) in [5.41, 5.74) is 1.40. The summed E-state index contributed by atoms with van der Waals surface area (Å²) in [6.45, 7) is 5.47. The van der Waals surface area contributed by atoms with Crippen LogP contribution >= 0.6 is 0 Å². The predicted octanol–water partition coefficient (Wildman–Crippen LogP) is 3.52. The molecule has 1 amide bonds. The molecule has 124 valence electrons. The average Bonchev–Trinajstić information content (AvgIpc) is 2.45. The average molecular weight is 316 g/mol. The third kappa shape index (κ3) is 4.34. The van der Waals surface area contributed by atoms with Crippen LogP contribution in [0.3, 0.4) is 0 Å². The Labute approximate surface area is 137 Å². The number of hydrogen-bond donors (Lipinski definition) is 0. The van der Waals surface area contributed by atoms with E-state index in [4.69, 9.17) is 4.74 Å². The molecule has 0 fully saturated rings. The molecular weight excluding hydrogens is 292 g/mol. The normalized spacial score (nSPS) is 18.0. The monoisotopic (exact) mass is 316 g/mol. The van der Waals surface area contributed by atoms with Crippen LogP contribution in [-0.2, 0) is 9.53 Å². The second-order valence-corrected chi connectivity index (χ2v) is 6.88. The summed E-state index contributed by atoms with van der Waals surface area (Å²) in [4.78, 5) is 27.7. The van der Waals surface area contributed by atoms with Gasteiger partial charge in [-0.25, -0.2) is 4.79 Å². The molecular formula is C18H24N2O3. The summed E-state index contributed by atoms with van der Waals surface area (Å²) >= 11 is 0. The van der Waals surface area contributed by atoms with Gasteiger partial charge in [0.05, 0.1) is 6.04 Å². The van der Waals surface area contributed by atoms with Crippen LogP contribution in [0.25, 0.3) is 0 Å². The van der Waals surface area contributed by atoms with Crippen LogP contribution in [-0.4, -0.2) is 36.5 Å². The fourth-order valence-corrected chi connectivity index (χ4v) is 2.40.